The number of phosphoric ester groups is 1. The molecule has 256 valence electrons. The Hall–Kier alpha value is -3.12. The Bertz CT molecular complexity index is 1330. The summed E-state index contributed by atoms with van der Waals surface area (Å²) in [6.45, 7) is 6.14. The van der Waals surface area contributed by atoms with Crippen molar-refractivity contribution in [2.75, 3.05) is 60.7 Å². The Morgan fingerprint density at radius 3 is 2.00 bits per heavy atom. The van der Waals surface area contributed by atoms with E-state index < -0.39 is 36.7 Å². The van der Waals surface area contributed by atoms with Crippen molar-refractivity contribution < 1.29 is 56.7 Å². The van der Waals surface area contributed by atoms with Crippen LogP contribution >= 0.6 is 7.82 Å². The maximum absolute atomic E-state index is 13.1. The van der Waals surface area contributed by atoms with Gasteiger partial charge in [0, 0.05) is 11.1 Å². The molecule has 0 saturated heterocycles. The quantitative estimate of drug-likeness (QED) is 0.0679. The molecule has 0 heterocycles. The van der Waals surface area contributed by atoms with Gasteiger partial charge in [-0.05, 0) is 57.9 Å². The molecular weight excluding hydrogens is 617 g/mol. The molecular formula is C33H49NO11P+. The van der Waals surface area contributed by atoms with Crippen molar-refractivity contribution >= 4 is 25.5 Å². The van der Waals surface area contributed by atoms with Crippen molar-refractivity contribution in [3.05, 3.63) is 65.7 Å². The van der Waals surface area contributed by atoms with E-state index >= 15 is 0 Å². The maximum Gasteiger partial charge on any atom is 0.472 e. The van der Waals surface area contributed by atoms with Gasteiger partial charge in [0.05, 0.1) is 38.6 Å². The molecule has 0 amide bonds. The number of benzene rings is 2. The molecule has 2 rings (SSSR count). The molecule has 0 aromatic heterocycles. The van der Waals surface area contributed by atoms with Gasteiger partial charge in [-0.3, -0.25) is 23.4 Å². The van der Waals surface area contributed by atoms with Crippen LogP contribution in [0.1, 0.15) is 56.5 Å². The molecule has 13 heteroatoms. The number of aliphatic hydroxyl groups is 1. The van der Waals surface area contributed by atoms with Gasteiger partial charge in [0.15, 0.2) is 5.78 Å². The van der Waals surface area contributed by atoms with Crippen LogP contribution in [-0.2, 0) is 32.7 Å². The van der Waals surface area contributed by atoms with E-state index in [-0.39, 0.29) is 45.2 Å². The van der Waals surface area contributed by atoms with Crippen molar-refractivity contribution in [3.8, 4) is 5.75 Å². The van der Waals surface area contributed by atoms with Crippen LogP contribution in [0.2, 0.25) is 0 Å². The maximum atomic E-state index is 13.1. The molecule has 0 aliphatic heterocycles. The van der Waals surface area contributed by atoms with Crippen molar-refractivity contribution in [1.29, 1.82) is 0 Å². The zero-order valence-corrected chi connectivity index (χ0v) is 28.8. The predicted molar refractivity (Wildman–Crippen MR) is 171 cm³/mol. The van der Waals surface area contributed by atoms with Crippen molar-refractivity contribution in [2.45, 2.75) is 46.6 Å². The molecule has 12 nitrogen and oxygen atoms in total. The van der Waals surface area contributed by atoms with Gasteiger partial charge in [-0.2, -0.15) is 0 Å². The summed E-state index contributed by atoms with van der Waals surface area (Å²) in [6.07, 6.45) is -0.680. The van der Waals surface area contributed by atoms with Crippen LogP contribution in [0, 0.1) is 10.8 Å². The number of ether oxygens (including phenoxy) is 3. The van der Waals surface area contributed by atoms with Gasteiger partial charge < -0.3 is 28.7 Å². The summed E-state index contributed by atoms with van der Waals surface area (Å²) in [7, 11) is 1.45. The highest BCUT2D eigenvalue weighted by Crippen LogP contribution is 2.43. The third-order valence-electron chi connectivity index (χ3n) is 7.25. The highest BCUT2D eigenvalue weighted by atomic mass is 31.2. The summed E-state index contributed by atoms with van der Waals surface area (Å²) < 4.78 is 38.6. The lowest BCUT2D eigenvalue weighted by Crippen LogP contribution is -2.40. The largest absolute Gasteiger partial charge is 0.491 e. The average Bonchev–Trinajstić information content (AvgIpc) is 3.00. The first-order valence-electron chi connectivity index (χ1n) is 15.1. The van der Waals surface area contributed by atoms with E-state index in [0.717, 1.165) is 0 Å². The number of ketones is 1. The minimum Gasteiger partial charge on any atom is -0.491 e. The van der Waals surface area contributed by atoms with Gasteiger partial charge in [0.25, 0.3) is 0 Å². The van der Waals surface area contributed by atoms with Crippen molar-refractivity contribution in [2.24, 2.45) is 10.8 Å². The lowest BCUT2D eigenvalue weighted by molar-refractivity contribution is -0.870. The summed E-state index contributed by atoms with van der Waals surface area (Å²) in [5, 5.41) is 10.4. The molecule has 2 N–H and O–H groups in total. The second kappa shape index (κ2) is 17.2. The Labute approximate surface area is 271 Å². The summed E-state index contributed by atoms with van der Waals surface area (Å²) in [5.41, 5.74) is -1.10. The summed E-state index contributed by atoms with van der Waals surface area (Å²) >= 11 is 0. The molecule has 0 bridgehead atoms. The smallest absolute Gasteiger partial charge is 0.472 e. The molecule has 3 atom stereocenters. The minimum atomic E-state index is -4.29. The number of aliphatic hydroxyl groups excluding tert-OH is 1. The lowest BCUT2D eigenvalue weighted by atomic mass is 9.72. The number of phosphoric acid groups is 1. The standard InChI is InChI=1S/C33H48NO11P/c1-8-33(4,24-32(2,3)30(37)41-20-21-45-46(39,40)44-19-18-34(5,6)7)31(38)43-23-27(35)22-42-28-16-14-26(15-17-28)29(36)25-12-10-9-11-13-25/h9-17,27,35H,8,18-24H2,1-7H3/p+1. The molecule has 0 aliphatic carbocycles. The fourth-order valence-corrected chi connectivity index (χ4v) is 5.08. The molecule has 46 heavy (non-hydrogen) atoms. The van der Waals surface area contributed by atoms with Crippen LogP contribution < -0.4 is 4.74 Å². The Morgan fingerprint density at radius 2 is 1.41 bits per heavy atom. The second-order valence-electron chi connectivity index (χ2n) is 13.0. The topological polar surface area (TPSA) is 155 Å². The molecule has 2 aromatic carbocycles. The SMILES string of the molecule is CCC(C)(CC(C)(C)C(=O)OCCOP(=O)(O)OCC[N+](C)(C)C)C(=O)OCC(O)COc1ccc(C(=O)c2ccccc2)cc1. The highest BCUT2D eigenvalue weighted by molar-refractivity contribution is 7.47. The van der Waals surface area contributed by atoms with Crippen LogP contribution in [0.4, 0.5) is 0 Å². The molecule has 3 unspecified atom stereocenters. The molecule has 0 saturated carbocycles. The zero-order valence-electron chi connectivity index (χ0n) is 27.9. The lowest BCUT2D eigenvalue weighted by Gasteiger charge is -2.33. The molecule has 2 aromatic rings. The Kier molecular flexibility index (Phi) is 14.6. The number of likely N-dealkylation sites (N-methyl/N-ethyl adjacent to an activating group) is 1. The third-order valence-corrected chi connectivity index (χ3v) is 8.26. The number of hydrogen-bond donors (Lipinski definition) is 2. The fourth-order valence-electron chi connectivity index (χ4n) is 4.38. The minimum absolute atomic E-state index is 0.0202. The van der Waals surface area contributed by atoms with Gasteiger partial charge in [-0.15, -0.1) is 0 Å². The number of carbonyl (C=O) groups is 3. The van der Waals surface area contributed by atoms with E-state index in [1.165, 1.54) is 0 Å². The number of quaternary nitrogens is 1. The number of rotatable bonds is 20. The van der Waals surface area contributed by atoms with Crippen molar-refractivity contribution in [3.63, 3.8) is 0 Å². The first kappa shape index (κ1) is 39.1. The third kappa shape index (κ3) is 13.3. The van der Waals surface area contributed by atoms with Crippen LogP contribution in [0.3, 0.4) is 0 Å². The monoisotopic (exact) mass is 666 g/mol. The summed E-state index contributed by atoms with van der Waals surface area (Å²) in [6, 6.07) is 15.4. The molecule has 0 radical (unpaired) electrons. The number of esters is 2. The zero-order chi connectivity index (χ0) is 34.6. The first-order valence-corrected chi connectivity index (χ1v) is 16.6. The van der Waals surface area contributed by atoms with E-state index in [4.69, 9.17) is 23.3 Å². The molecule has 0 fully saturated rings. The normalized spacial score (nSPS) is 15.2. The van der Waals surface area contributed by atoms with Crippen LogP contribution in [0.15, 0.2) is 54.6 Å². The molecule has 0 aliphatic rings. The van der Waals surface area contributed by atoms with Crippen LogP contribution in [0.25, 0.3) is 0 Å². The van der Waals surface area contributed by atoms with Crippen molar-refractivity contribution in [1.82, 2.24) is 0 Å². The average molecular weight is 667 g/mol. The van der Waals surface area contributed by atoms with Crippen LogP contribution in [-0.4, -0.2) is 99.0 Å². The highest BCUT2D eigenvalue weighted by Gasteiger charge is 2.43. The summed E-state index contributed by atoms with van der Waals surface area (Å²) in [5.74, 6) is -0.886. The van der Waals surface area contributed by atoms with Gasteiger partial charge in [-0.25, -0.2) is 4.57 Å². The predicted octanol–water partition coefficient (Wildman–Crippen LogP) is 4.42. The second-order valence-corrected chi connectivity index (χ2v) is 14.5. The Balaban J connectivity index is 1.79. The Morgan fingerprint density at radius 1 is 0.826 bits per heavy atom. The van der Waals surface area contributed by atoms with Gasteiger partial charge >= 0.3 is 19.8 Å². The van der Waals surface area contributed by atoms with Gasteiger partial charge in [0.2, 0.25) is 0 Å². The van der Waals surface area contributed by atoms with E-state index in [0.29, 0.717) is 34.3 Å². The van der Waals surface area contributed by atoms with Gasteiger partial charge in [0.1, 0.15) is 44.8 Å². The van der Waals surface area contributed by atoms with E-state index in [9.17, 15) is 28.9 Å². The van der Waals surface area contributed by atoms with Crippen LogP contribution in [0.5, 0.6) is 5.75 Å². The summed E-state index contributed by atoms with van der Waals surface area (Å²) in [4.78, 5) is 48.3. The van der Waals surface area contributed by atoms with Gasteiger partial charge in [-0.1, -0.05) is 37.3 Å². The fraction of sp³-hybridized carbons (Fsp3) is 0.545. The first-order chi connectivity index (χ1) is 21.4. The number of carbonyl (C=O) groups excluding carboxylic acids is 3. The molecule has 0 spiro atoms. The van der Waals surface area contributed by atoms with E-state index in [1.54, 1.807) is 76.2 Å². The number of nitrogens with zero attached hydrogens (tertiary/aromatic N) is 1. The van der Waals surface area contributed by atoms with E-state index in [2.05, 4.69) is 0 Å². The van der Waals surface area contributed by atoms with E-state index in [1.807, 2.05) is 27.2 Å². The number of hydrogen-bond acceptors (Lipinski definition) is 10.